The molecule has 0 saturated carbocycles. The van der Waals surface area contributed by atoms with E-state index < -0.39 is 0 Å². The minimum atomic E-state index is 0. The molecule has 0 aliphatic carbocycles. The number of fused-ring (bicyclic) bond motifs is 1. The Morgan fingerprint density at radius 1 is 1.12 bits per heavy atom. The topological polar surface area (TPSA) is 12.0 Å². The molecule has 0 spiro atoms. The molecule has 0 bridgehead atoms. The summed E-state index contributed by atoms with van der Waals surface area (Å²) in [5.41, 5.74) is 2.84. The first-order valence-electron chi connectivity index (χ1n) is 5.30. The van der Waals surface area contributed by atoms with Crippen LogP contribution in [-0.4, -0.2) is 6.54 Å². The SMILES string of the molecule is Cl.c1ccc(C2NCCc3sccc32)cc1. The Bertz CT molecular complexity index is 452. The molecule has 1 atom stereocenters. The highest BCUT2D eigenvalue weighted by Crippen LogP contribution is 2.31. The van der Waals surface area contributed by atoms with Crippen molar-refractivity contribution in [2.24, 2.45) is 0 Å². The number of hydrogen-bond donors (Lipinski definition) is 1. The molecular formula is C13H14ClNS. The van der Waals surface area contributed by atoms with E-state index in [1.54, 1.807) is 4.88 Å². The first-order valence-corrected chi connectivity index (χ1v) is 6.18. The summed E-state index contributed by atoms with van der Waals surface area (Å²) >= 11 is 1.88. The summed E-state index contributed by atoms with van der Waals surface area (Å²) in [6.45, 7) is 1.09. The molecule has 1 aliphatic heterocycles. The second kappa shape index (κ2) is 5.00. The fourth-order valence-electron chi connectivity index (χ4n) is 2.19. The molecule has 16 heavy (non-hydrogen) atoms. The van der Waals surface area contributed by atoms with E-state index in [-0.39, 0.29) is 12.4 Å². The van der Waals surface area contributed by atoms with E-state index in [1.807, 2.05) is 11.3 Å². The zero-order valence-corrected chi connectivity index (χ0v) is 10.5. The summed E-state index contributed by atoms with van der Waals surface area (Å²) in [6, 6.07) is 13.3. The van der Waals surface area contributed by atoms with Crippen LogP contribution in [0.3, 0.4) is 0 Å². The number of benzene rings is 1. The van der Waals surface area contributed by atoms with Crippen LogP contribution in [0.15, 0.2) is 41.8 Å². The van der Waals surface area contributed by atoms with Gasteiger partial charge in [-0.15, -0.1) is 23.7 Å². The number of halogens is 1. The maximum atomic E-state index is 3.58. The third-order valence-corrected chi connectivity index (χ3v) is 3.92. The van der Waals surface area contributed by atoms with Crippen molar-refractivity contribution < 1.29 is 0 Å². The minimum absolute atomic E-state index is 0. The van der Waals surface area contributed by atoms with E-state index in [4.69, 9.17) is 0 Å². The normalized spacial score (nSPS) is 18.6. The van der Waals surface area contributed by atoms with E-state index >= 15 is 0 Å². The van der Waals surface area contributed by atoms with Gasteiger partial charge in [-0.1, -0.05) is 30.3 Å². The average Bonchev–Trinajstić information content (AvgIpc) is 2.78. The minimum Gasteiger partial charge on any atom is -0.306 e. The first-order chi connectivity index (χ1) is 7.45. The van der Waals surface area contributed by atoms with Crippen molar-refractivity contribution in [2.45, 2.75) is 12.5 Å². The highest BCUT2D eigenvalue weighted by Gasteiger charge is 2.21. The van der Waals surface area contributed by atoms with Gasteiger partial charge in [0.1, 0.15) is 0 Å². The second-order valence-corrected chi connectivity index (χ2v) is 4.85. The number of rotatable bonds is 1. The van der Waals surface area contributed by atoms with Crippen LogP contribution in [0, 0.1) is 0 Å². The van der Waals surface area contributed by atoms with Gasteiger partial charge < -0.3 is 5.32 Å². The van der Waals surface area contributed by atoms with E-state index in [0.717, 1.165) is 6.54 Å². The van der Waals surface area contributed by atoms with Crippen molar-refractivity contribution in [3.63, 3.8) is 0 Å². The molecule has 0 radical (unpaired) electrons. The Hall–Kier alpha value is -0.830. The van der Waals surface area contributed by atoms with Gasteiger partial charge in [-0.3, -0.25) is 0 Å². The third kappa shape index (κ3) is 2.01. The predicted molar refractivity (Wildman–Crippen MR) is 71.6 cm³/mol. The molecule has 1 aliphatic rings. The molecule has 3 rings (SSSR count). The van der Waals surface area contributed by atoms with Gasteiger partial charge in [0.05, 0.1) is 6.04 Å². The molecule has 1 unspecified atom stereocenters. The van der Waals surface area contributed by atoms with Crippen LogP contribution >= 0.6 is 23.7 Å². The van der Waals surface area contributed by atoms with Gasteiger partial charge in [-0.2, -0.15) is 0 Å². The predicted octanol–water partition coefficient (Wildman–Crippen LogP) is 3.41. The van der Waals surface area contributed by atoms with Crippen molar-refractivity contribution in [1.82, 2.24) is 5.32 Å². The molecule has 1 nitrogen and oxygen atoms in total. The van der Waals surface area contributed by atoms with Crippen molar-refractivity contribution in [3.05, 3.63) is 57.8 Å². The number of thiophene rings is 1. The van der Waals surface area contributed by atoms with E-state index in [2.05, 4.69) is 47.1 Å². The quantitative estimate of drug-likeness (QED) is 0.819. The molecule has 0 saturated heterocycles. The lowest BCUT2D eigenvalue weighted by Gasteiger charge is -2.24. The summed E-state index contributed by atoms with van der Waals surface area (Å²) in [4.78, 5) is 1.54. The van der Waals surface area contributed by atoms with Crippen molar-refractivity contribution in [3.8, 4) is 0 Å². The fourth-order valence-corrected chi connectivity index (χ4v) is 3.11. The maximum Gasteiger partial charge on any atom is 0.0587 e. The van der Waals surface area contributed by atoms with E-state index in [9.17, 15) is 0 Å². The summed E-state index contributed by atoms with van der Waals surface area (Å²) in [5, 5.41) is 5.79. The Kier molecular flexibility index (Phi) is 3.64. The lowest BCUT2D eigenvalue weighted by atomic mass is 9.96. The van der Waals surface area contributed by atoms with Gasteiger partial charge in [0.2, 0.25) is 0 Å². The van der Waals surface area contributed by atoms with Gasteiger partial charge in [0, 0.05) is 11.4 Å². The smallest absolute Gasteiger partial charge is 0.0587 e. The number of hydrogen-bond acceptors (Lipinski definition) is 2. The van der Waals surface area contributed by atoms with E-state index in [1.165, 1.54) is 17.5 Å². The van der Waals surface area contributed by atoms with Crippen LogP contribution < -0.4 is 5.32 Å². The Morgan fingerprint density at radius 3 is 2.75 bits per heavy atom. The van der Waals surface area contributed by atoms with E-state index in [0.29, 0.717) is 6.04 Å². The molecule has 2 aromatic rings. The van der Waals surface area contributed by atoms with Gasteiger partial charge >= 0.3 is 0 Å². The Balaban J connectivity index is 0.000000963. The molecule has 1 N–H and O–H groups in total. The van der Waals surface area contributed by atoms with Gasteiger partial charge in [-0.25, -0.2) is 0 Å². The lowest BCUT2D eigenvalue weighted by Crippen LogP contribution is -2.29. The third-order valence-electron chi connectivity index (χ3n) is 2.92. The molecule has 1 aromatic carbocycles. The van der Waals surface area contributed by atoms with Crippen LogP contribution in [0.25, 0.3) is 0 Å². The van der Waals surface area contributed by atoms with Crippen LogP contribution in [0.1, 0.15) is 22.0 Å². The number of nitrogens with one attached hydrogen (secondary N) is 1. The zero-order chi connectivity index (χ0) is 10.1. The van der Waals surface area contributed by atoms with Gasteiger partial charge in [0.25, 0.3) is 0 Å². The maximum absolute atomic E-state index is 3.58. The Morgan fingerprint density at radius 2 is 1.94 bits per heavy atom. The average molecular weight is 252 g/mol. The molecule has 2 heterocycles. The summed E-state index contributed by atoms with van der Waals surface area (Å²) in [5.74, 6) is 0. The summed E-state index contributed by atoms with van der Waals surface area (Å²) in [6.07, 6.45) is 1.18. The standard InChI is InChI=1S/C13H13NS.ClH/c1-2-4-10(5-3-1)13-11-7-9-15-12(11)6-8-14-13;/h1-5,7,9,13-14H,6,8H2;1H. The lowest BCUT2D eigenvalue weighted by molar-refractivity contribution is 0.575. The van der Waals surface area contributed by atoms with Crippen molar-refractivity contribution in [2.75, 3.05) is 6.54 Å². The van der Waals surface area contributed by atoms with Crippen LogP contribution in [0.4, 0.5) is 0 Å². The highest BCUT2D eigenvalue weighted by molar-refractivity contribution is 7.10. The fraction of sp³-hybridized carbons (Fsp3) is 0.231. The van der Waals surface area contributed by atoms with Crippen LogP contribution in [0.2, 0.25) is 0 Å². The van der Waals surface area contributed by atoms with Crippen molar-refractivity contribution in [1.29, 1.82) is 0 Å². The Labute approximate surface area is 106 Å². The molecule has 1 aromatic heterocycles. The van der Waals surface area contributed by atoms with Crippen LogP contribution in [-0.2, 0) is 6.42 Å². The van der Waals surface area contributed by atoms with Gasteiger partial charge in [0.15, 0.2) is 0 Å². The highest BCUT2D eigenvalue weighted by atomic mass is 35.5. The monoisotopic (exact) mass is 251 g/mol. The molecule has 0 fully saturated rings. The molecule has 3 heteroatoms. The second-order valence-electron chi connectivity index (χ2n) is 3.85. The summed E-state index contributed by atoms with van der Waals surface area (Å²) < 4.78 is 0. The zero-order valence-electron chi connectivity index (χ0n) is 8.85. The van der Waals surface area contributed by atoms with Gasteiger partial charge in [-0.05, 0) is 29.0 Å². The largest absolute Gasteiger partial charge is 0.306 e. The molecular weight excluding hydrogens is 238 g/mol. The molecule has 84 valence electrons. The molecule has 0 amide bonds. The first kappa shape index (κ1) is 11.6. The van der Waals surface area contributed by atoms with Crippen LogP contribution in [0.5, 0.6) is 0 Å². The van der Waals surface area contributed by atoms with Crippen molar-refractivity contribution >= 4 is 23.7 Å². The summed E-state index contributed by atoms with van der Waals surface area (Å²) in [7, 11) is 0.